The van der Waals surface area contributed by atoms with Gasteiger partial charge in [0.25, 0.3) is 5.91 Å². The molecule has 1 saturated carbocycles. The van der Waals surface area contributed by atoms with Crippen molar-refractivity contribution in [2.24, 2.45) is 5.92 Å². The Hall–Kier alpha value is -1.34. The van der Waals surface area contributed by atoms with E-state index in [1.165, 1.54) is 6.26 Å². The molecule has 6 nitrogen and oxygen atoms in total. The lowest BCUT2D eigenvalue weighted by atomic mass is 9.93. The summed E-state index contributed by atoms with van der Waals surface area (Å²) in [5, 5.41) is -0.144. The van der Waals surface area contributed by atoms with Gasteiger partial charge < -0.3 is 9.32 Å². The summed E-state index contributed by atoms with van der Waals surface area (Å²) >= 11 is 0. The Labute approximate surface area is 130 Å². The van der Waals surface area contributed by atoms with Crippen LogP contribution in [0.3, 0.4) is 0 Å². The average Bonchev–Trinajstić information content (AvgIpc) is 3.09. The van der Waals surface area contributed by atoms with Crippen molar-refractivity contribution >= 4 is 15.9 Å². The zero-order valence-electron chi connectivity index (χ0n) is 12.3. The summed E-state index contributed by atoms with van der Waals surface area (Å²) in [5.74, 6) is 0.520. The van der Waals surface area contributed by atoms with Gasteiger partial charge in [0.05, 0.1) is 11.5 Å². The second-order valence-corrected chi connectivity index (χ2v) is 8.65. The molecule has 0 N–H and O–H groups in total. The molecule has 0 spiro atoms. The van der Waals surface area contributed by atoms with Crippen molar-refractivity contribution in [3.8, 4) is 0 Å². The number of sulfonamides is 1. The van der Waals surface area contributed by atoms with Gasteiger partial charge in [-0.3, -0.25) is 4.79 Å². The maximum absolute atomic E-state index is 12.5. The van der Waals surface area contributed by atoms with Crippen LogP contribution in [0.5, 0.6) is 0 Å². The van der Waals surface area contributed by atoms with Crippen LogP contribution >= 0.6 is 0 Å². The van der Waals surface area contributed by atoms with Gasteiger partial charge >= 0.3 is 0 Å². The molecule has 1 aliphatic carbocycles. The molecular weight excluding hydrogens is 304 g/mol. The van der Waals surface area contributed by atoms with E-state index < -0.39 is 10.0 Å². The molecule has 1 amide bonds. The summed E-state index contributed by atoms with van der Waals surface area (Å²) < 4.78 is 31.9. The Morgan fingerprint density at radius 1 is 1.18 bits per heavy atom. The molecule has 1 aromatic heterocycles. The van der Waals surface area contributed by atoms with E-state index in [0.717, 1.165) is 25.7 Å². The van der Waals surface area contributed by atoms with E-state index in [0.29, 0.717) is 25.4 Å². The van der Waals surface area contributed by atoms with Gasteiger partial charge in [-0.15, -0.1) is 0 Å². The molecule has 4 rings (SSSR count). The summed E-state index contributed by atoms with van der Waals surface area (Å²) in [6.45, 7) is 1.83. The smallest absolute Gasteiger partial charge is 0.289 e. The lowest BCUT2D eigenvalue weighted by molar-refractivity contribution is 0.0608. The number of likely N-dealkylation sites (tertiary alicyclic amines) is 1. The number of hydrogen-bond acceptors (Lipinski definition) is 4. The summed E-state index contributed by atoms with van der Waals surface area (Å²) in [6.07, 6.45) is 4.68. The van der Waals surface area contributed by atoms with Crippen molar-refractivity contribution in [1.29, 1.82) is 0 Å². The summed E-state index contributed by atoms with van der Waals surface area (Å²) in [7, 11) is -3.11. The number of carbonyl (C=O) groups excluding carboxylic acids is 1. The van der Waals surface area contributed by atoms with E-state index in [1.807, 2.05) is 0 Å². The molecule has 3 fully saturated rings. The van der Waals surface area contributed by atoms with Gasteiger partial charge in [0, 0.05) is 25.7 Å². The van der Waals surface area contributed by atoms with Gasteiger partial charge in [-0.1, -0.05) is 0 Å². The molecule has 3 aliphatic rings. The summed E-state index contributed by atoms with van der Waals surface area (Å²) in [6, 6.07) is 3.46. The zero-order valence-corrected chi connectivity index (χ0v) is 13.2. The Bertz CT molecular complexity index is 666. The normalized spacial score (nSPS) is 29.5. The fourth-order valence-electron chi connectivity index (χ4n) is 3.76. The number of amides is 1. The fourth-order valence-corrected chi connectivity index (χ4v) is 5.89. The minimum absolute atomic E-state index is 0.0752. The Morgan fingerprint density at radius 3 is 2.68 bits per heavy atom. The molecule has 0 aromatic carbocycles. The first kappa shape index (κ1) is 14.3. The van der Waals surface area contributed by atoms with Gasteiger partial charge in [-0.25, -0.2) is 8.42 Å². The van der Waals surface area contributed by atoms with Crippen LogP contribution in [-0.2, 0) is 10.0 Å². The van der Waals surface area contributed by atoms with Crippen molar-refractivity contribution < 1.29 is 17.6 Å². The molecule has 2 aliphatic heterocycles. The third-order valence-electron chi connectivity index (χ3n) is 5.08. The third-order valence-corrected chi connectivity index (χ3v) is 7.50. The number of rotatable bonds is 3. The molecule has 2 unspecified atom stereocenters. The van der Waals surface area contributed by atoms with Crippen LogP contribution in [0.15, 0.2) is 22.8 Å². The molecular formula is C15H20N2O4S. The lowest BCUT2D eigenvalue weighted by Crippen LogP contribution is -2.49. The van der Waals surface area contributed by atoms with Gasteiger partial charge in [0.1, 0.15) is 0 Å². The minimum Gasteiger partial charge on any atom is -0.459 e. The number of nitrogens with zero attached hydrogens (tertiary/aromatic N) is 2. The van der Waals surface area contributed by atoms with E-state index in [-0.39, 0.29) is 23.1 Å². The Morgan fingerprint density at radius 2 is 2.00 bits per heavy atom. The molecule has 3 heterocycles. The maximum Gasteiger partial charge on any atom is 0.289 e. The first-order valence-corrected chi connectivity index (χ1v) is 9.41. The monoisotopic (exact) mass is 324 g/mol. The van der Waals surface area contributed by atoms with E-state index >= 15 is 0 Å². The van der Waals surface area contributed by atoms with Gasteiger partial charge in [-0.2, -0.15) is 4.31 Å². The number of hydrogen-bond donors (Lipinski definition) is 0. The largest absolute Gasteiger partial charge is 0.459 e. The van der Waals surface area contributed by atoms with Gasteiger partial charge in [0.2, 0.25) is 10.0 Å². The first-order chi connectivity index (χ1) is 10.6. The predicted octanol–water partition coefficient (Wildman–Crippen LogP) is 1.31. The maximum atomic E-state index is 12.5. The highest BCUT2D eigenvalue weighted by molar-refractivity contribution is 7.90. The van der Waals surface area contributed by atoms with Crippen molar-refractivity contribution in [1.82, 2.24) is 9.21 Å². The molecule has 1 aromatic rings. The van der Waals surface area contributed by atoms with Crippen LogP contribution in [0.2, 0.25) is 0 Å². The van der Waals surface area contributed by atoms with Crippen LogP contribution < -0.4 is 0 Å². The summed E-state index contributed by atoms with van der Waals surface area (Å²) in [5.41, 5.74) is 0. The van der Waals surface area contributed by atoms with Gasteiger partial charge in [0.15, 0.2) is 5.76 Å². The highest BCUT2D eigenvalue weighted by atomic mass is 32.2. The molecule has 22 heavy (non-hydrogen) atoms. The molecule has 120 valence electrons. The van der Waals surface area contributed by atoms with Crippen LogP contribution in [0.4, 0.5) is 0 Å². The second-order valence-electron chi connectivity index (χ2n) is 6.49. The van der Waals surface area contributed by atoms with E-state index in [1.54, 1.807) is 21.3 Å². The second kappa shape index (κ2) is 5.09. The average molecular weight is 324 g/mol. The SMILES string of the molecule is O=C(c1ccco1)N1CCC2C(CCN2S(=O)(=O)C2CC2)C1. The first-order valence-electron chi connectivity index (χ1n) is 7.91. The third kappa shape index (κ3) is 2.27. The predicted molar refractivity (Wildman–Crippen MR) is 79.8 cm³/mol. The molecule has 2 saturated heterocycles. The highest BCUT2D eigenvalue weighted by Gasteiger charge is 2.49. The van der Waals surface area contributed by atoms with Crippen molar-refractivity contribution in [2.75, 3.05) is 19.6 Å². The van der Waals surface area contributed by atoms with Crippen LogP contribution in [0.1, 0.15) is 36.2 Å². The quantitative estimate of drug-likeness (QED) is 0.840. The number of carbonyl (C=O) groups is 1. The van der Waals surface area contributed by atoms with Gasteiger partial charge in [-0.05, 0) is 43.7 Å². The Balaban J connectivity index is 1.47. The molecule has 0 radical (unpaired) electrons. The highest BCUT2D eigenvalue weighted by Crippen LogP contribution is 2.39. The topological polar surface area (TPSA) is 70.8 Å². The fraction of sp³-hybridized carbons (Fsp3) is 0.667. The Kier molecular flexibility index (Phi) is 3.30. The van der Waals surface area contributed by atoms with E-state index in [2.05, 4.69) is 0 Å². The lowest BCUT2D eigenvalue weighted by Gasteiger charge is -2.37. The molecule has 7 heteroatoms. The van der Waals surface area contributed by atoms with Crippen LogP contribution in [-0.4, -0.2) is 54.5 Å². The van der Waals surface area contributed by atoms with Crippen LogP contribution in [0, 0.1) is 5.92 Å². The number of piperidine rings is 1. The standard InChI is InChI=1S/C15H20N2O4S/c18-15(14-2-1-9-21-14)16-7-6-13-11(10-16)5-8-17(13)22(19,20)12-3-4-12/h1-2,9,11-13H,3-8,10H2. The van der Waals surface area contributed by atoms with Crippen LogP contribution in [0.25, 0.3) is 0 Å². The number of fused-ring (bicyclic) bond motifs is 1. The van der Waals surface area contributed by atoms with E-state index in [4.69, 9.17) is 4.42 Å². The minimum atomic E-state index is -3.11. The molecule has 0 bridgehead atoms. The number of furan rings is 1. The zero-order chi connectivity index (χ0) is 15.3. The van der Waals surface area contributed by atoms with Crippen molar-refractivity contribution in [2.45, 2.75) is 37.0 Å². The summed E-state index contributed by atoms with van der Waals surface area (Å²) in [4.78, 5) is 14.1. The van der Waals surface area contributed by atoms with Crippen molar-refractivity contribution in [3.63, 3.8) is 0 Å². The molecule has 2 atom stereocenters. The van der Waals surface area contributed by atoms with Crippen molar-refractivity contribution in [3.05, 3.63) is 24.2 Å². The van der Waals surface area contributed by atoms with E-state index in [9.17, 15) is 13.2 Å².